The van der Waals surface area contributed by atoms with Crippen LogP contribution in [0.15, 0.2) is 60.7 Å². The predicted molar refractivity (Wildman–Crippen MR) is 85.5 cm³/mol. The van der Waals surface area contributed by atoms with Crippen molar-refractivity contribution in [2.24, 2.45) is 5.73 Å². The summed E-state index contributed by atoms with van der Waals surface area (Å²) >= 11 is 3.94. The minimum Gasteiger partial charge on any atom is -0.326 e. The second kappa shape index (κ2) is 6.36. The number of benzene rings is 2. The molecule has 1 nitrogen and oxygen atoms in total. The first-order valence-electron chi connectivity index (χ1n) is 6.75. The fourth-order valence-corrected chi connectivity index (χ4v) is 3.22. The van der Waals surface area contributed by atoms with Crippen molar-refractivity contribution in [3.8, 4) is 0 Å². The van der Waals surface area contributed by atoms with E-state index in [1.807, 2.05) is 12.1 Å². The zero-order valence-corrected chi connectivity index (χ0v) is 12.8. The average molecular weight is 318 g/mol. The summed E-state index contributed by atoms with van der Waals surface area (Å²) in [6, 6.07) is 20.9. The first-order chi connectivity index (χ1) is 9.19. The number of nitrogens with two attached hydrogens (primary N) is 1. The van der Waals surface area contributed by atoms with Crippen LogP contribution >= 0.6 is 15.9 Å². The summed E-state index contributed by atoms with van der Waals surface area (Å²) in [7, 11) is 0. The summed E-state index contributed by atoms with van der Waals surface area (Å²) in [5.41, 5.74) is 8.90. The van der Waals surface area contributed by atoms with E-state index in [4.69, 9.17) is 5.73 Å². The lowest BCUT2D eigenvalue weighted by molar-refractivity contribution is 0.516. The van der Waals surface area contributed by atoms with E-state index < -0.39 is 0 Å². The molecule has 0 spiro atoms. The summed E-state index contributed by atoms with van der Waals surface area (Å²) in [5.74, 6) is 0. The van der Waals surface area contributed by atoms with E-state index in [1.165, 1.54) is 11.1 Å². The van der Waals surface area contributed by atoms with E-state index in [1.54, 1.807) is 0 Å². The maximum absolute atomic E-state index is 6.48. The van der Waals surface area contributed by atoms with E-state index >= 15 is 0 Å². The molecule has 0 aliphatic rings. The van der Waals surface area contributed by atoms with Crippen molar-refractivity contribution in [2.45, 2.75) is 30.1 Å². The van der Waals surface area contributed by atoms with Gasteiger partial charge in [-0.05, 0) is 17.5 Å². The van der Waals surface area contributed by atoms with E-state index in [-0.39, 0.29) is 10.4 Å². The van der Waals surface area contributed by atoms with Crippen LogP contribution in [-0.4, -0.2) is 6.04 Å². The van der Waals surface area contributed by atoms with Crippen LogP contribution in [0.2, 0.25) is 0 Å². The summed E-state index contributed by atoms with van der Waals surface area (Å²) in [6.07, 6.45) is 2.06. The van der Waals surface area contributed by atoms with Crippen LogP contribution in [0.3, 0.4) is 0 Å². The third kappa shape index (κ3) is 2.90. The summed E-state index contributed by atoms with van der Waals surface area (Å²) in [6.45, 7) is 2.17. The maximum Gasteiger partial charge on any atom is 0.0905 e. The Morgan fingerprint density at radius 1 is 0.947 bits per heavy atom. The van der Waals surface area contributed by atoms with Gasteiger partial charge in [0.05, 0.1) is 4.32 Å². The highest BCUT2D eigenvalue weighted by atomic mass is 79.9. The van der Waals surface area contributed by atoms with Gasteiger partial charge in [0.25, 0.3) is 0 Å². The van der Waals surface area contributed by atoms with Crippen molar-refractivity contribution in [1.29, 1.82) is 0 Å². The molecule has 2 aromatic carbocycles. The molecule has 0 fully saturated rings. The second-order valence-corrected chi connectivity index (χ2v) is 6.09. The highest BCUT2D eigenvalue weighted by Crippen LogP contribution is 2.42. The van der Waals surface area contributed by atoms with Crippen molar-refractivity contribution < 1.29 is 0 Å². The van der Waals surface area contributed by atoms with E-state index in [0.29, 0.717) is 0 Å². The molecular formula is C17H20BrN. The standard InChI is InChI=1S/C17H20BrN/c1-2-9-16(19)17(18,14-10-5-3-6-11-14)15-12-7-4-8-13-15/h3-8,10-13,16H,2,9,19H2,1H3/t16-/m0/s1. The van der Waals surface area contributed by atoms with Crippen molar-refractivity contribution in [3.63, 3.8) is 0 Å². The molecule has 1 atom stereocenters. The van der Waals surface area contributed by atoms with Gasteiger partial charge < -0.3 is 5.73 Å². The van der Waals surface area contributed by atoms with Crippen LogP contribution in [0.4, 0.5) is 0 Å². The molecule has 0 aliphatic heterocycles. The van der Waals surface area contributed by atoms with Crippen LogP contribution < -0.4 is 5.73 Å². The summed E-state index contributed by atoms with van der Waals surface area (Å²) in [5, 5.41) is 0. The quantitative estimate of drug-likeness (QED) is 0.810. The normalized spacial score (nSPS) is 13.2. The Labute approximate surface area is 124 Å². The Balaban J connectivity index is 2.51. The lowest BCUT2D eigenvalue weighted by Gasteiger charge is -2.34. The zero-order valence-electron chi connectivity index (χ0n) is 11.2. The summed E-state index contributed by atoms with van der Waals surface area (Å²) in [4.78, 5) is 0. The Morgan fingerprint density at radius 2 is 1.37 bits per heavy atom. The molecule has 0 saturated carbocycles. The van der Waals surface area contributed by atoms with Gasteiger partial charge in [0.2, 0.25) is 0 Å². The van der Waals surface area contributed by atoms with Gasteiger partial charge in [-0.3, -0.25) is 0 Å². The lowest BCUT2D eigenvalue weighted by atomic mass is 9.83. The molecule has 2 rings (SSSR count). The Morgan fingerprint density at radius 3 is 1.74 bits per heavy atom. The molecule has 0 aromatic heterocycles. The molecule has 0 bridgehead atoms. The van der Waals surface area contributed by atoms with Gasteiger partial charge in [-0.15, -0.1) is 0 Å². The van der Waals surface area contributed by atoms with Gasteiger partial charge in [-0.1, -0.05) is 89.9 Å². The highest BCUT2D eigenvalue weighted by Gasteiger charge is 2.36. The van der Waals surface area contributed by atoms with E-state index in [0.717, 1.165) is 12.8 Å². The van der Waals surface area contributed by atoms with Gasteiger partial charge >= 0.3 is 0 Å². The Bertz CT molecular complexity index is 456. The summed E-state index contributed by atoms with van der Waals surface area (Å²) < 4.78 is -0.314. The fourth-order valence-electron chi connectivity index (χ4n) is 2.47. The molecule has 100 valence electrons. The largest absolute Gasteiger partial charge is 0.326 e. The van der Waals surface area contributed by atoms with Crippen molar-refractivity contribution in [2.75, 3.05) is 0 Å². The molecule has 2 aromatic rings. The highest BCUT2D eigenvalue weighted by molar-refractivity contribution is 9.09. The molecule has 2 heteroatoms. The van der Waals surface area contributed by atoms with Crippen molar-refractivity contribution >= 4 is 15.9 Å². The van der Waals surface area contributed by atoms with Gasteiger partial charge in [0.15, 0.2) is 0 Å². The molecular weight excluding hydrogens is 298 g/mol. The minimum atomic E-state index is -0.314. The topological polar surface area (TPSA) is 26.0 Å². The fraction of sp³-hybridized carbons (Fsp3) is 0.294. The molecule has 0 unspecified atom stereocenters. The van der Waals surface area contributed by atoms with Crippen molar-refractivity contribution in [1.82, 2.24) is 0 Å². The Kier molecular flexibility index (Phi) is 4.78. The molecule has 19 heavy (non-hydrogen) atoms. The van der Waals surface area contributed by atoms with Crippen LogP contribution in [0.5, 0.6) is 0 Å². The second-order valence-electron chi connectivity index (χ2n) is 4.84. The Hall–Kier alpha value is -1.12. The first kappa shape index (κ1) is 14.3. The molecule has 0 saturated heterocycles. The van der Waals surface area contributed by atoms with Crippen LogP contribution in [-0.2, 0) is 4.32 Å². The molecule has 2 N–H and O–H groups in total. The monoisotopic (exact) mass is 317 g/mol. The van der Waals surface area contributed by atoms with E-state index in [9.17, 15) is 0 Å². The zero-order chi connectivity index (χ0) is 13.7. The lowest BCUT2D eigenvalue weighted by Crippen LogP contribution is -2.41. The van der Waals surface area contributed by atoms with Crippen LogP contribution in [0.25, 0.3) is 0 Å². The molecule has 0 heterocycles. The third-order valence-corrected chi connectivity index (χ3v) is 5.00. The van der Waals surface area contributed by atoms with E-state index in [2.05, 4.69) is 71.4 Å². The van der Waals surface area contributed by atoms with Gasteiger partial charge in [-0.2, -0.15) is 0 Å². The molecule has 0 amide bonds. The van der Waals surface area contributed by atoms with Gasteiger partial charge in [0, 0.05) is 6.04 Å². The van der Waals surface area contributed by atoms with Crippen molar-refractivity contribution in [3.05, 3.63) is 71.8 Å². The number of hydrogen-bond acceptors (Lipinski definition) is 1. The number of hydrogen-bond donors (Lipinski definition) is 1. The van der Waals surface area contributed by atoms with Crippen LogP contribution in [0, 0.1) is 0 Å². The smallest absolute Gasteiger partial charge is 0.0905 e. The third-order valence-electron chi connectivity index (χ3n) is 3.50. The number of rotatable bonds is 5. The number of halogens is 1. The average Bonchev–Trinajstić information content (AvgIpc) is 2.48. The van der Waals surface area contributed by atoms with Gasteiger partial charge in [0.1, 0.15) is 0 Å². The minimum absolute atomic E-state index is 0.0438. The molecule has 0 aliphatic carbocycles. The van der Waals surface area contributed by atoms with Gasteiger partial charge in [-0.25, -0.2) is 0 Å². The molecule has 0 radical (unpaired) electrons. The number of alkyl halides is 1. The maximum atomic E-state index is 6.48. The van der Waals surface area contributed by atoms with Crippen LogP contribution in [0.1, 0.15) is 30.9 Å². The first-order valence-corrected chi connectivity index (χ1v) is 7.54. The predicted octanol–water partition coefficient (Wildman–Crippen LogP) is 4.45. The SMILES string of the molecule is CCC[C@H](N)C(Br)(c1ccccc1)c1ccccc1.